The molecule has 0 aliphatic rings. The maximum Gasteiger partial charge on any atom is 0.223 e. The summed E-state index contributed by atoms with van der Waals surface area (Å²) in [6.07, 6.45) is 0. The predicted molar refractivity (Wildman–Crippen MR) is 63.5 cm³/mol. The van der Waals surface area contributed by atoms with Gasteiger partial charge in [-0.25, -0.2) is 9.38 Å². The van der Waals surface area contributed by atoms with E-state index in [0.29, 0.717) is 0 Å². The number of aliphatic imine (C=N–C) groups is 2. The normalized spacial score (nSPS) is 11.3. The Kier molecular flexibility index (Phi) is 3.92. The second kappa shape index (κ2) is 5.00. The highest BCUT2D eigenvalue weighted by Gasteiger charge is 2.10. The summed E-state index contributed by atoms with van der Waals surface area (Å²) in [5.74, 6) is -1.29. The molecule has 0 aliphatic heterocycles. The van der Waals surface area contributed by atoms with Crippen molar-refractivity contribution in [1.82, 2.24) is 0 Å². The maximum absolute atomic E-state index is 13.3. The van der Waals surface area contributed by atoms with Crippen LogP contribution in [0.5, 0.6) is 0 Å². The quantitative estimate of drug-likeness (QED) is 0.405. The van der Waals surface area contributed by atoms with Crippen molar-refractivity contribution < 1.29 is 4.39 Å². The van der Waals surface area contributed by atoms with E-state index in [2.05, 4.69) is 9.98 Å². The van der Waals surface area contributed by atoms with Crippen LogP contribution in [0, 0.1) is 5.82 Å². The van der Waals surface area contributed by atoms with E-state index in [1.807, 2.05) is 0 Å². The maximum atomic E-state index is 13.3. The molecule has 0 aliphatic carbocycles. The number of guanidine groups is 2. The van der Waals surface area contributed by atoms with E-state index in [-0.39, 0.29) is 27.7 Å². The lowest BCUT2D eigenvalue weighted by Crippen LogP contribution is -2.26. The van der Waals surface area contributed by atoms with E-state index >= 15 is 0 Å². The zero-order valence-corrected chi connectivity index (χ0v) is 9.43. The first-order valence-electron chi connectivity index (χ1n) is 3.99. The average molecular weight is 264 g/mol. The van der Waals surface area contributed by atoms with Crippen molar-refractivity contribution in [1.29, 1.82) is 0 Å². The van der Waals surface area contributed by atoms with Gasteiger partial charge in [0.05, 0.1) is 10.0 Å². The van der Waals surface area contributed by atoms with Crippen LogP contribution in [0.1, 0.15) is 0 Å². The molecule has 0 radical (unpaired) electrons. The minimum Gasteiger partial charge on any atom is -0.370 e. The van der Waals surface area contributed by atoms with Crippen LogP contribution in [-0.4, -0.2) is 11.9 Å². The van der Waals surface area contributed by atoms with Crippen molar-refractivity contribution in [3.05, 3.63) is 28.0 Å². The van der Waals surface area contributed by atoms with Gasteiger partial charge in [0.2, 0.25) is 5.96 Å². The largest absolute Gasteiger partial charge is 0.370 e. The lowest BCUT2D eigenvalue weighted by atomic mass is 10.3. The third-order valence-corrected chi connectivity index (χ3v) is 2.28. The second-order valence-corrected chi connectivity index (χ2v) is 3.48. The van der Waals surface area contributed by atoms with Crippen molar-refractivity contribution in [2.75, 3.05) is 0 Å². The standard InChI is InChI=1S/C8H8Cl2FN5/c9-3-1-2-4(11)6(5(3)10)15-8(14)16-7(12)13/h1-2H,(H6,12,13,14,15,16). The molecule has 0 atom stereocenters. The SMILES string of the molecule is NC(N)=NC(N)=Nc1c(F)ccc(Cl)c1Cl. The summed E-state index contributed by atoms with van der Waals surface area (Å²) in [6, 6.07) is 2.41. The van der Waals surface area contributed by atoms with Crippen molar-refractivity contribution in [2.24, 2.45) is 27.2 Å². The smallest absolute Gasteiger partial charge is 0.223 e. The van der Waals surface area contributed by atoms with Crippen LogP contribution >= 0.6 is 23.2 Å². The molecule has 0 saturated heterocycles. The number of nitrogens with two attached hydrogens (primary N) is 3. The zero-order valence-electron chi connectivity index (χ0n) is 7.92. The first-order chi connectivity index (χ1) is 7.41. The van der Waals surface area contributed by atoms with E-state index in [0.717, 1.165) is 6.07 Å². The Morgan fingerprint density at radius 3 is 2.38 bits per heavy atom. The lowest BCUT2D eigenvalue weighted by Gasteiger charge is -2.02. The van der Waals surface area contributed by atoms with E-state index in [4.69, 9.17) is 40.4 Å². The number of hydrogen-bond donors (Lipinski definition) is 3. The fourth-order valence-electron chi connectivity index (χ4n) is 0.891. The molecule has 5 nitrogen and oxygen atoms in total. The highest BCUT2D eigenvalue weighted by Crippen LogP contribution is 2.34. The first-order valence-corrected chi connectivity index (χ1v) is 4.74. The van der Waals surface area contributed by atoms with Crippen LogP contribution in [0.4, 0.5) is 10.1 Å². The van der Waals surface area contributed by atoms with Crippen molar-refractivity contribution in [3.8, 4) is 0 Å². The van der Waals surface area contributed by atoms with Gasteiger partial charge < -0.3 is 17.2 Å². The third kappa shape index (κ3) is 2.98. The number of nitrogens with zero attached hydrogens (tertiary/aromatic N) is 2. The van der Waals surface area contributed by atoms with Gasteiger partial charge >= 0.3 is 0 Å². The minimum absolute atomic E-state index is 0.0598. The first kappa shape index (κ1) is 12.5. The van der Waals surface area contributed by atoms with Gasteiger partial charge in [-0.1, -0.05) is 23.2 Å². The van der Waals surface area contributed by atoms with Gasteiger partial charge in [-0.3, -0.25) is 0 Å². The van der Waals surface area contributed by atoms with Gasteiger partial charge in [0.15, 0.2) is 11.8 Å². The summed E-state index contributed by atoms with van der Waals surface area (Å²) < 4.78 is 13.3. The molecular formula is C8H8Cl2FN5. The Hall–Kier alpha value is -1.53. The summed E-state index contributed by atoms with van der Waals surface area (Å²) in [5.41, 5.74) is 15.3. The summed E-state index contributed by atoms with van der Waals surface area (Å²) in [6.45, 7) is 0. The number of benzene rings is 1. The molecule has 6 N–H and O–H groups in total. The lowest BCUT2D eigenvalue weighted by molar-refractivity contribution is 0.630. The molecular weight excluding hydrogens is 256 g/mol. The fraction of sp³-hybridized carbons (Fsp3) is 0. The van der Waals surface area contributed by atoms with Crippen LogP contribution in [0.3, 0.4) is 0 Å². The molecule has 8 heteroatoms. The number of rotatable bonds is 1. The molecule has 0 aromatic heterocycles. The van der Waals surface area contributed by atoms with Gasteiger partial charge in [0.25, 0.3) is 0 Å². The topological polar surface area (TPSA) is 103 Å². The highest BCUT2D eigenvalue weighted by atomic mass is 35.5. The van der Waals surface area contributed by atoms with Crippen molar-refractivity contribution >= 4 is 40.8 Å². The molecule has 16 heavy (non-hydrogen) atoms. The van der Waals surface area contributed by atoms with E-state index in [1.165, 1.54) is 6.07 Å². The van der Waals surface area contributed by atoms with Crippen LogP contribution in [0.15, 0.2) is 22.1 Å². The van der Waals surface area contributed by atoms with Gasteiger partial charge in [0.1, 0.15) is 5.69 Å². The molecule has 0 fully saturated rings. The number of halogens is 3. The molecule has 0 bridgehead atoms. The van der Waals surface area contributed by atoms with E-state index < -0.39 is 5.82 Å². The number of hydrogen-bond acceptors (Lipinski definition) is 1. The zero-order chi connectivity index (χ0) is 12.3. The van der Waals surface area contributed by atoms with Crippen LogP contribution in [-0.2, 0) is 0 Å². The summed E-state index contributed by atoms with van der Waals surface area (Å²) in [5, 5.41) is 0.0923. The molecule has 1 aromatic carbocycles. The monoisotopic (exact) mass is 263 g/mol. The second-order valence-electron chi connectivity index (χ2n) is 2.70. The Labute approximate surface area is 101 Å². The molecule has 0 amide bonds. The predicted octanol–water partition coefficient (Wildman–Crippen LogP) is 1.35. The van der Waals surface area contributed by atoms with Gasteiger partial charge in [-0.2, -0.15) is 4.99 Å². The van der Waals surface area contributed by atoms with E-state index in [1.54, 1.807) is 0 Å². The van der Waals surface area contributed by atoms with Crippen LogP contribution in [0.25, 0.3) is 0 Å². The van der Waals surface area contributed by atoms with E-state index in [9.17, 15) is 4.39 Å². The Morgan fingerprint density at radius 1 is 1.19 bits per heavy atom. The van der Waals surface area contributed by atoms with Gasteiger partial charge in [-0.05, 0) is 12.1 Å². The Morgan fingerprint density at radius 2 is 1.81 bits per heavy atom. The molecule has 1 aromatic rings. The molecule has 0 heterocycles. The van der Waals surface area contributed by atoms with Gasteiger partial charge in [-0.15, -0.1) is 0 Å². The molecule has 0 unspecified atom stereocenters. The molecule has 1 rings (SSSR count). The molecule has 86 valence electrons. The summed E-state index contributed by atoms with van der Waals surface area (Å²) >= 11 is 11.4. The fourth-order valence-corrected chi connectivity index (χ4v) is 1.24. The molecule has 0 saturated carbocycles. The third-order valence-electron chi connectivity index (χ3n) is 1.49. The summed E-state index contributed by atoms with van der Waals surface area (Å²) in [7, 11) is 0. The molecule has 0 spiro atoms. The van der Waals surface area contributed by atoms with Gasteiger partial charge in [0, 0.05) is 0 Å². The Balaban J connectivity index is 3.24. The Bertz CT molecular complexity index is 468. The minimum atomic E-state index is -0.678. The summed E-state index contributed by atoms with van der Waals surface area (Å²) in [4.78, 5) is 7.03. The van der Waals surface area contributed by atoms with Crippen molar-refractivity contribution in [2.45, 2.75) is 0 Å². The highest BCUT2D eigenvalue weighted by molar-refractivity contribution is 6.43. The average Bonchev–Trinajstić information content (AvgIpc) is 2.17. The van der Waals surface area contributed by atoms with Crippen LogP contribution in [0.2, 0.25) is 10.0 Å². The van der Waals surface area contributed by atoms with Crippen LogP contribution < -0.4 is 17.2 Å². The van der Waals surface area contributed by atoms with Crippen molar-refractivity contribution in [3.63, 3.8) is 0 Å².